The average Bonchev–Trinajstić information content (AvgIpc) is 2.62. The standard InChI is InChI=1S/C15H25N7O/c1-3-19-4-6-21(7-5-19)14-12-16-18-15(17-14)22-10-8-20(9-11-22)13(2)23/h12H,3-11H2,1-2H3. The molecular weight excluding hydrogens is 294 g/mol. The number of amides is 1. The highest BCUT2D eigenvalue weighted by Gasteiger charge is 2.22. The first-order chi connectivity index (χ1) is 11.2. The first-order valence-electron chi connectivity index (χ1n) is 8.35. The molecule has 1 aromatic heterocycles. The van der Waals surface area contributed by atoms with E-state index in [0.29, 0.717) is 5.95 Å². The molecular formula is C15H25N7O. The van der Waals surface area contributed by atoms with Gasteiger partial charge in [-0.05, 0) is 6.54 Å². The van der Waals surface area contributed by atoms with E-state index < -0.39 is 0 Å². The molecule has 0 spiro atoms. The summed E-state index contributed by atoms with van der Waals surface area (Å²) in [4.78, 5) is 24.8. The molecule has 8 heteroatoms. The van der Waals surface area contributed by atoms with Crippen LogP contribution < -0.4 is 9.80 Å². The second kappa shape index (κ2) is 7.08. The van der Waals surface area contributed by atoms with Crippen molar-refractivity contribution in [3.8, 4) is 0 Å². The Hall–Kier alpha value is -1.96. The highest BCUT2D eigenvalue weighted by atomic mass is 16.2. The molecule has 0 unspecified atom stereocenters. The van der Waals surface area contributed by atoms with E-state index in [1.165, 1.54) is 0 Å². The van der Waals surface area contributed by atoms with Gasteiger partial charge in [0.2, 0.25) is 11.9 Å². The monoisotopic (exact) mass is 319 g/mol. The van der Waals surface area contributed by atoms with Crippen LogP contribution in [-0.4, -0.2) is 89.8 Å². The molecule has 3 heterocycles. The van der Waals surface area contributed by atoms with Crippen molar-refractivity contribution in [2.24, 2.45) is 0 Å². The molecule has 0 N–H and O–H groups in total. The summed E-state index contributed by atoms with van der Waals surface area (Å²) in [7, 11) is 0. The molecule has 8 nitrogen and oxygen atoms in total. The van der Waals surface area contributed by atoms with Gasteiger partial charge >= 0.3 is 0 Å². The lowest BCUT2D eigenvalue weighted by molar-refractivity contribution is -0.129. The molecule has 126 valence electrons. The minimum absolute atomic E-state index is 0.131. The molecule has 3 rings (SSSR count). The molecule has 2 saturated heterocycles. The summed E-state index contributed by atoms with van der Waals surface area (Å²) in [5.41, 5.74) is 0. The zero-order chi connectivity index (χ0) is 16.2. The Morgan fingerprint density at radius 1 is 1.04 bits per heavy atom. The number of carbonyl (C=O) groups excluding carboxylic acids is 1. The molecule has 0 atom stereocenters. The normalized spacial score (nSPS) is 20.0. The van der Waals surface area contributed by atoms with Crippen LogP contribution in [0.2, 0.25) is 0 Å². The summed E-state index contributed by atoms with van der Waals surface area (Å²) < 4.78 is 0. The second-order valence-corrected chi connectivity index (χ2v) is 6.03. The van der Waals surface area contributed by atoms with Crippen molar-refractivity contribution in [1.82, 2.24) is 25.0 Å². The maximum Gasteiger partial charge on any atom is 0.247 e. The SMILES string of the molecule is CCN1CCN(c2cnnc(N3CCN(C(C)=O)CC3)n2)CC1. The van der Waals surface area contributed by atoms with Crippen molar-refractivity contribution in [2.45, 2.75) is 13.8 Å². The van der Waals surface area contributed by atoms with E-state index in [-0.39, 0.29) is 5.91 Å². The Balaban J connectivity index is 1.63. The summed E-state index contributed by atoms with van der Waals surface area (Å²) >= 11 is 0. The van der Waals surface area contributed by atoms with Crippen molar-refractivity contribution in [1.29, 1.82) is 0 Å². The summed E-state index contributed by atoms with van der Waals surface area (Å²) in [5, 5.41) is 8.32. The van der Waals surface area contributed by atoms with Gasteiger partial charge < -0.3 is 19.6 Å². The van der Waals surface area contributed by atoms with Crippen molar-refractivity contribution >= 4 is 17.7 Å². The number of nitrogens with zero attached hydrogens (tertiary/aromatic N) is 7. The fourth-order valence-electron chi connectivity index (χ4n) is 3.09. The van der Waals surface area contributed by atoms with Gasteiger partial charge in [0.15, 0.2) is 5.82 Å². The van der Waals surface area contributed by atoms with Crippen LogP contribution >= 0.6 is 0 Å². The lowest BCUT2D eigenvalue weighted by Crippen LogP contribution is -2.49. The minimum atomic E-state index is 0.131. The van der Waals surface area contributed by atoms with Crippen LogP contribution in [0.15, 0.2) is 6.20 Å². The van der Waals surface area contributed by atoms with Gasteiger partial charge in [-0.2, -0.15) is 10.1 Å². The van der Waals surface area contributed by atoms with E-state index >= 15 is 0 Å². The Bertz CT molecular complexity index is 536. The molecule has 1 aromatic rings. The van der Waals surface area contributed by atoms with Gasteiger partial charge in [-0.25, -0.2) is 0 Å². The van der Waals surface area contributed by atoms with E-state index in [9.17, 15) is 4.79 Å². The average molecular weight is 319 g/mol. The first-order valence-corrected chi connectivity index (χ1v) is 8.35. The van der Waals surface area contributed by atoms with E-state index in [0.717, 1.165) is 64.7 Å². The Morgan fingerprint density at radius 2 is 1.70 bits per heavy atom. The molecule has 0 aromatic carbocycles. The number of hydrogen-bond acceptors (Lipinski definition) is 7. The Morgan fingerprint density at radius 3 is 2.30 bits per heavy atom. The predicted octanol–water partition coefficient (Wildman–Crippen LogP) is -0.318. The van der Waals surface area contributed by atoms with Crippen molar-refractivity contribution in [2.75, 3.05) is 68.7 Å². The van der Waals surface area contributed by atoms with Gasteiger partial charge in [0.25, 0.3) is 0 Å². The highest BCUT2D eigenvalue weighted by molar-refractivity contribution is 5.73. The summed E-state index contributed by atoms with van der Waals surface area (Å²) in [6.07, 6.45) is 1.75. The van der Waals surface area contributed by atoms with Crippen LogP contribution in [0, 0.1) is 0 Å². The maximum absolute atomic E-state index is 11.4. The Labute approximate surface area is 137 Å². The van der Waals surface area contributed by atoms with Gasteiger partial charge in [-0.3, -0.25) is 4.79 Å². The molecule has 0 saturated carbocycles. The van der Waals surface area contributed by atoms with Crippen LogP contribution in [0.3, 0.4) is 0 Å². The first kappa shape index (κ1) is 15.9. The molecule has 2 fully saturated rings. The molecule has 0 bridgehead atoms. The third-order valence-corrected chi connectivity index (χ3v) is 4.69. The smallest absolute Gasteiger partial charge is 0.247 e. The maximum atomic E-state index is 11.4. The topological polar surface area (TPSA) is 68.7 Å². The van der Waals surface area contributed by atoms with Crippen molar-refractivity contribution in [3.05, 3.63) is 6.20 Å². The van der Waals surface area contributed by atoms with Gasteiger partial charge in [0.1, 0.15) is 0 Å². The number of hydrogen-bond donors (Lipinski definition) is 0. The Kier molecular flexibility index (Phi) is 4.90. The number of piperazine rings is 2. The molecule has 0 aliphatic carbocycles. The zero-order valence-electron chi connectivity index (χ0n) is 14.0. The van der Waals surface area contributed by atoms with E-state index in [1.807, 2.05) is 4.90 Å². The number of likely N-dealkylation sites (N-methyl/N-ethyl adjacent to an activating group) is 1. The van der Waals surface area contributed by atoms with Gasteiger partial charge in [-0.15, -0.1) is 5.10 Å². The second-order valence-electron chi connectivity index (χ2n) is 6.03. The van der Waals surface area contributed by atoms with Crippen LogP contribution in [-0.2, 0) is 4.79 Å². The van der Waals surface area contributed by atoms with Crippen LogP contribution in [0.5, 0.6) is 0 Å². The van der Waals surface area contributed by atoms with E-state index in [4.69, 9.17) is 4.98 Å². The van der Waals surface area contributed by atoms with Crippen molar-refractivity contribution in [3.63, 3.8) is 0 Å². The van der Waals surface area contributed by atoms with Gasteiger partial charge in [0, 0.05) is 59.3 Å². The van der Waals surface area contributed by atoms with E-state index in [1.54, 1.807) is 13.1 Å². The summed E-state index contributed by atoms with van der Waals surface area (Å²) in [6.45, 7) is 11.9. The third kappa shape index (κ3) is 3.69. The number of aromatic nitrogens is 3. The van der Waals surface area contributed by atoms with E-state index in [2.05, 4.69) is 31.8 Å². The molecule has 23 heavy (non-hydrogen) atoms. The lowest BCUT2D eigenvalue weighted by Gasteiger charge is -2.36. The van der Waals surface area contributed by atoms with Crippen LogP contribution in [0.4, 0.5) is 11.8 Å². The summed E-state index contributed by atoms with van der Waals surface area (Å²) in [5.74, 6) is 1.70. The molecule has 2 aliphatic heterocycles. The number of rotatable bonds is 3. The molecule has 0 radical (unpaired) electrons. The third-order valence-electron chi connectivity index (χ3n) is 4.69. The fourth-order valence-corrected chi connectivity index (χ4v) is 3.09. The molecule has 2 aliphatic rings. The predicted molar refractivity (Wildman–Crippen MR) is 88.6 cm³/mol. The van der Waals surface area contributed by atoms with Crippen LogP contribution in [0.1, 0.15) is 13.8 Å². The fraction of sp³-hybridized carbons (Fsp3) is 0.733. The number of carbonyl (C=O) groups is 1. The summed E-state index contributed by atoms with van der Waals surface area (Å²) in [6, 6.07) is 0. The number of anilines is 2. The minimum Gasteiger partial charge on any atom is -0.353 e. The van der Waals surface area contributed by atoms with Crippen molar-refractivity contribution < 1.29 is 4.79 Å². The highest BCUT2D eigenvalue weighted by Crippen LogP contribution is 2.17. The largest absolute Gasteiger partial charge is 0.353 e. The quantitative estimate of drug-likeness (QED) is 0.756. The molecule has 1 amide bonds. The van der Waals surface area contributed by atoms with Gasteiger partial charge in [0.05, 0.1) is 6.20 Å². The lowest BCUT2D eigenvalue weighted by atomic mass is 10.3. The van der Waals surface area contributed by atoms with Gasteiger partial charge in [-0.1, -0.05) is 6.92 Å². The van der Waals surface area contributed by atoms with Crippen LogP contribution in [0.25, 0.3) is 0 Å². The zero-order valence-corrected chi connectivity index (χ0v) is 14.0.